The van der Waals surface area contributed by atoms with E-state index in [4.69, 9.17) is 0 Å². The highest BCUT2D eigenvalue weighted by molar-refractivity contribution is 6.18. The largest absolute Gasteiger partial charge is 0.435 e. The first-order valence-electron chi connectivity index (χ1n) is 8.46. The first-order chi connectivity index (χ1) is 15.9. The van der Waals surface area contributed by atoms with Gasteiger partial charge in [0.05, 0.1) is 0 Å². The van der Waals surface area contributed by atoms with Crippen molar-refractivity contribution in [3.8, 4) is 24.3 Å². The number of rotatable bonds is 0. The predicted octanol–water partition coefficient (Wildman–Crippen LogP) is 3.04. The van der Waals surface area contributed by atoms with Gasteiger partial charge in [-0.2, -0.15) is 47.4 Å². The van der Waals surface area contributed by atoms with E-state index < -0.39 is 79.6 Å². The average Bonchev–Trinajstić information content (AvgIpc) is 2.80. The van der Waals surface area contributed by atoms with E-state index in [2.05, 4.69) is 29.9 Å². The van der Waals surface area contributed by atoms with Crippen LogP contribution >= 0.6 is 0 Å². The Morgan fingerprint density at radius 2 is 0.618 bits per heavy atom. The summed E-state index contributed by atoms with van der Waals surface area (Å²) < 4.78 is 80.8. The summed E-state index contributed by atoms with van der Waals surface area (Å²) in [4.78, 5) is 21.3. The average molecular weight is 470 g/mol. The van der Waals surface area contributed by atoms with Gasteiger partial charge in [0.1, 0.15) is 57.4 Å². The Labute approximate surface area is 182 Å². The first-order valence-corrected chi connectivity index (χ1v) is 8.46. The minimum atomic E-state index is -5.60. The molecule has 164 valence electrons. The second-order valence-corrected chi connectivity index (χ2v) is 6.30. The predicted molar refractivity (Wildman–Crippen MR) is 94.6 cm³/mol. The number of nitriles is 4. The van der Waals surface area contributed by atoms with Gasteiger partial charge in [0.15, 0.2) is 34.2 Å². The first kappa shape index (κ1) is 22.0. The van der Waals surface area contributed by atoms with E-state index in [1.165, 1.54) is 12.1 Å². The Bertz CT molecular complexity index is 1600. The molecule has 0 radical (unpaired) electrons. The standard InChI is InChI=1S/C18F6N10/c19-17(20,21)15-16(18(22,23)24)34-14-12-10(30-6(2-26)8(4-28)32-12)9-11(13(14)33-15)31-7(3-27)5(1-25)29-9. The summed E-state index contributed by atoms with van der Waals surface area (Å²) in [5.74, 6) is 0. The fourth-order valence-corrected chi connectivity index (χ4v) is 3.00. The molecule has 0 aliphatic rings. The Morgan fingerprint density at radius 1 is 0.412 bits per heavy atom. The zero-order chi connectivity index (χ0) is 25.0. The van der Waals surface area contributed by atoms with Crippen molar-refractivity contribution in [3.05, 3.63) is 34.2 Å². The quantitative estimate of drug-likeness (QED) is 0.275. The minimum absolute atomic E-state index is 0.492. The number of aromatic nitrogens is 6. The summed E-state index contributed by atoms with van der Waals surface area (Å²) in [6.45, 7) is 0. The zero-order valence-electron chi connectivity index (χ0n) is 15.7. The minimum Gasteiger partial charge on any atom is -0.237 e. The molecule has 4 aromatic rings. The van der Waals surface area contributed by atoms with Gasteiger partial charge in [-0.25, -0.2) is 29.9 Å². The van der Waals surface area contributed by atoms with Crippen molar-refractivity contribution in [2.45, 2.75) is 12.4 Å². The summed E-state index contributed by atoms with van der Waals surface area (Å²) in [5.41, 5.74) is -11.3. The van der Waals surface area contributed by atoms with Gasteiger partial charge in [0, 0.05) is 0 Å². The lowest BCUT2D eigenvalue weighted by atomic mass is 10.1. The number of fused-ring (bicyclic) bond motifs is 6. The monoisotopic (exact) mass is 470 g/mol. The highest BCUT2D eigenvalue weighted by atomic mass is 19.4. The molecule has 0 saturated heterocycles. The summed E-state index contributed by atoms with van der Waals surface area (Å²) >= 11 is 0. The molecule has 0 fully saturated rings. The molecule has 3 aromatic heterocycles. The van der Waals surface area contributed by atoms with Gasteiger partial charge < -0.3 is 0 Å². The molecule has 10 nitrogen and oxygen atoms in total. The number of alkyl halides is 6. The van der Waals surface area contributed by atoms with Crippen LogP contribution in [0.25, 0.3) is 33.1 Å². The molecule has 1 aromatic carbocycles. The summed E-state index contributed by atoms with van der Waals surface area (Å²) in [7, 11) is 0. The van der Waals surface area contributed by atoms with E-state index in [0.29, 0.717) is 0 Å². The molecule has 16 heteroatoms. The van der Waals surface area contributed by atoms with Crippen molar-refractivity contribution in [1.82, 2.24) is 29.9 Å². The van der Waals surface area contributed by atoms with E-state index in [1.54, 1.807) is 12.1 Å². The van der Waals surface area contributed by atoms with Gasteiger partial charge in [0.2, 0.25) is 0 Å². The molecule has 0 unspecified atom stereocenters. The van der Waals surface area contributed by atoms with Gasteiger partial charge in [0.25, 0.3) is 0 Å². The van der Waals surface area contributed by atoms with Gasteiger partial charge in [-0.05, 0) is 0 Å². The van der Waals surface area contributed by atoms with Crippen molar-refractivity contribution >= 4 is 33.1 Å². The third kappa shape index (κ3) is 3.18. The fourth-order valence-electron chi connectivity index (χ4n) is 3.00. The smallest absolute Gasteiger partial charge is 0.237 e. The number of benzene rings is 1. The van der Waals surface area contributed by atoms with Crippen molar-refractivity contribution in [2.24, 2.45) is 0 Å². The lowest BCUT2D eigenvalue weighted by molar-refractivity contribution is -0.167. The van der Waals surface area contributed by atoms with Crippen LogP contribution in [0.4, 0.5) is 26.3 Å². The van der Waals surface area contributed by atoms with E-state index in [1.807, 2.05) is 0 Å². The second-order valence-electron chi connectivity index (χ2n) is 6.30. The molecule has 3 heterocycles. The molecular formula is C18F6N10. The van der Waals surface area contributed by atoms with Gasteiger partial charge in [-0.1, -0.05) is 0 Å². The molecule has 0 spiro atoms. The van der Waals surface area contributed by atoms with Crippen LogP contribution in [0.1, 0.15) is 34.2 Å². The maximum absolute atomic E-state index is 13.5. The third-order valence-corrected chi connectivity index (χ3v) is 4.32. The van der Waals surface area contributed by atoms with E-state index in [0.717, 1.165) is 0 Å². The lowest BCUT2D eigenvalue weighted by Gasteiger charge is -2.16. The molecule has 0 bridgehead atoms. The highest BCUT2D eigenvalue weighted by Gasteiger charge is 2.47. The van der Waals surface area contributed by atoms with Crippen molar-refractivity contribution in [3.63, 3.8) is 0 Å². The van der Waals surface area contributed by atoms with E-state index in [9.17, 15) is 47.4 Å². The number of hydrogen-bond acceptors (Lipinski definition) is 10. The van der Waals surface area contributed by atoms with Crippen molar-refractivity contribution in [2.75, 3.05) is 0 Å². The van der Waals surface area contributed by atoms with Crippen LogP contribution in [-0.4, -0.2) is 29.9 Å². The number of hydrogen-bond donors (Lipinski definition) is 0. The molecule has 0 N–H and O–H groups in total. The number of halogens is 6. The SMILES string of the molecule is N#Cc1nc2c3nc(C#N)c(C#N)nc3c3nc(C(F)(F)F)c(C(F)(F)F)nc3c2nc1C#N. The highest BCUT2D eigenvalue weighted by Crippen LogP contribution is 2.41. The van der Waals surface area contributed by atoms with Crippen molar-refractivity contribution < 1.29 is 26.3 Å². The van der Waals surface area contributed by atoms with Crippen molar-refractivity contribution in [1.29, 1.82) is 21.0 Å². The van der Waals surface area contributed by atoms with Gasteiger partial charge in [-0.3, -0.25) is 0 Å². The molecule has 0 aliphatic carbocycles. The molecule has 0 atom stereocenters. The second kappa shape index (κ2) is 7.15. The van der Waals surface area contributed by atoms with Gasteiger partial charge in [-0.15, -0.1) is 0 Å². The van der Waals surface area contributed by atoms with Gasteiger partial charge >= 0.3 is 12.4 Å². The zero-order valence-corrected chi connectivity index (χ0v) is 15.7. The van der Waals surface area contributed by atoms with Crippen LogP contribution in [-0.2, 0) is 12.4 Å². The summed E-state index contributed by atoms with van der Waals surface area (Å²) in [6.07, 6.45) is -11.2. The number of nitrogens with zero attached hydrogens (tertiary/aromatic N) is 10. The van der Waals surface area contributed by atoms with Crippen LogP contribution in [0.3, 0.4) is 0 Å². The summed E-state index contributed by atoms with van der Waals surface area (Å²) in [5, 5.41) is 36.8. The van der Waals surface area contributed by atoms with Crippen LogP contribution < -0.4 is 0 Å². The maximum Gasteiger partial charge on any atom is 0.435 e. The molecule has 34 heavy (non-hydrogen) atoms. The summed E-state index contributed by atoms with van der Waals surface area (Å²) in [6, 6.07) is 6.07. The molecular weight excluding hydrogens is 470 g/mol. The Morgan fingerprint density at radius 3 is 0.794 bits per heavy atom. The normalized spacial score (nSPS) is 11.7. The topological polar surface area (TPSA) is 172 Å². The Balaban J connectivity index is 2.41. The van der Waals surface area contributed by atoms with Crippen LogP contribution in [0.2, 0.25) is 0 Å². The molecule has 0 saturated carbocycles. The Hall–Kier alpha value is -5.22. The third-order valence-electron chi connectivity index (χ3n) is 4.32. The van der Waals surface area contributed by atoms with E-state index >= 15 is 0 Å². The Kier molecular flexibility index (Phi) is 4.63. The van der Waals surface area contributed by atoms with Crippen LogP contribution in [0.5, 0.6) is 0 Å². The maximum atomic E-state index is 13.5. The van der Waals surface area contributed by atoms with E-state index in [-0.39, 0.29) is 0 Å². The fraction of sp³-hybridized carbons (Fsp3) is 0.111. The molecule has 0 aliphatic heterocycles. The lowest BCUT2D eigenvalue weighted by Crippen LogP contribution is -2.21. The van der Waals surface area contributed by atoms with Crippen LogP contribution in [0, 0.1) is 45.3 Å². The van der Waals surface area contributed by atoms with Crippen LogP contribution in [0.15, 0.2) is 0 Å². The molecule has 0 amide bonds. The molecule has 4 rings (SSSR count).